The maximum Gasteiger partial charge on any atom is 0.221 e. The maximum absolute atomic E-state index is 11.8. The van der Waals surface area contributed by atoms with Gasteiger partial charge in [-0.05, 0) is 36.2 Å². The van der Waals surface area contributed by atoms with Crippen molar-refractivity contribution < 1.29 is 18.7 Å². The van der Waals surface area contributed by atoms with E-state index in [0.717, 1.165) is 22.6 Å². The van der Waals surface area contributed by atoms with Crippen LogP contribution in [0.1, 0.15) is 35.5 Å². The molecule has 0 bridgehead atoms. The Kier molecular flexibility index (Phi) is 5.50. The minimum absolute atomic E-state index is 0.161. The standard InChI is InChI=1S/C22H23NO4/c1-14-10-11-19(27-14)22(16-8-6-5-7-9-16)17-12-20(25-3)21(26-4)13-18(17)23-15(2)24/h5-13,22H,1-4H3,(H,23,24)/t22-/m1/s1. The summed E-state index contributed by atoms with van der Waals surface area (Å²) in [6, 6.07) is 17.6. The monoisotopic (exact) mass is 365 g/mol. The highest BCUT2D eigenvalue weighted by Gasteiger charge is 2.25. The number of aryl methyl sites for hydroxylation is 1. The first-order valence-corrected chi connectivity index (χ1v) is 8.68. The number of benzene rings is 2. The number of methoxy groups -OCH3 is 2. The molecule has 3 rings (SSSR count). The Labute approximate surface area is 158 Å². The van der Waals surface area contributed by atoms with Gasteiger partial charge in [-0.1, -0.05) is 30.3 Å². The molecule has 0 aliphatic rings. The Bertz CT molecular complexity index is 931. The molecule has 0 aliphatic carbocycles. The molecule has 27 heavy (non-hydrogen) atoms. The van der Waals surface area contributed by atoms with Gasteiger partial charge in [0.15, 0.2) is 11.5 Å². The van der Waals surface area contributed by atoms with E-state index in [1.54, 1.807) is 20.3 Å². The van der Waals surface area contributed by atoms with Crippen LogP contribution in [0.5, 0.6) is 11.5 Å². The number of anilines is 1. The number of carbonyl (C=O) groups is 1. The van der Waals surface area contributed by atoms with E-state index in [4.69, 9.17) is 13.9 Å². The molecule has 2 aromatic carbocycles. The molecule has 140 valence electrons. The fourth-order valence-electron chi connectivity index (χ4n) is 3.18. The number of carbonyl (C=O) groups excluding carboxylic acids is 1. The quantitative estimate of drug-likeness (QED) is 0.685. The summed E-state index contributed by atoms with van der Waals surface area (Å²) in [5.74, 6) is 2.38. The highest BCUT2D eigenvalue weighted by molar-refractivity contribution is 5.90. The largest absolute Gasteiger partial charge is 0.493 e. The molecule has 0 unspecified atom stereocenters. The Morgan fingerprint density at radius 3 is 2.22 bits per heavy atom. The first kappa shape index (κ1) is 18.6. The average Bonchev–Trinajstić information content (AvgIpc) is 3.09. The van der Waals surface area contributed by atoms with E-state index in [9.17, 15) is 4.79 Å². The summed E-state index contributed by atoms with van der Waals surface area (Å²) in [7, 11) is 3.16. The number of hydrogen-bond acceptors (Lipinski definition) is 4. The van der Waals surface area contributed by atoms with Crippen molar-refractivity contribution in [2.24, 2.45) is 0 Å². The van der Waals surface area contributed by atoms with Crippen molar-refractivity contribution in [3.63, 3.8) is 0 Å². The maximum atomic E-state index is 11.8. The smallest absolute Gasteiger partial charge is 0.221 e. The van der Waals surface area contributed by atoms with Gasteiger partial charge in [0.2, 0.25) is 5.91 Å². The minimum atomic E-state index is -0.207. The molecular weight excluding hydrogens is 342 g/mol. The van der Waals surface area contributed by atoms with Gasteiger partial charge in [-0.15, -0.1) is 0 Å². The summed E-state index contributed by atoms with van der Waals surface area (Å²) in [4.78, 5) is 11.8. The van der Waals surface area contributed by atoms with Gasteiger partial charge in [0.25, 0.3) is 0 Å². The number of rotatable bonds is 6. The second-order valence-electron chi connectivity index (χ2n) is 6.27. The number of ether oxygens (including phenoxy) is 2. The highest BCUT2D eigenvalue weighted by Crippen LogP contribution is 2.42. The third kappa shape index (κ3) is 3.97. The molecule has 3 aromatic rings. The van der Waals surface area contributed by atoms with Crippen molar-refractivity contribution in [3.8, 4) is 11.5 Å². The zero-order valence-electron chi connectivity index (χ0n) is 15.9. The van der Waals surface area contributed by atoms with Crippen LogP contribution in [0.2, 0.25) is 0 Å². The van der Waals surface area contributed by atoms with E-state index in [-0.39, 0.29) is 11.8 Å². The van der Waals surface area contributed by atoms with Gasteiger partial charge in [-0.25, -0.2) is 0 Å². The van der Waals surface area contributed by atoms with Gasteiger partial charge < -0.3 is 19.2 Å². The topological polar surface area (TPSA) is 60.7 Å². The van der Waals surface area contributed by atoms with Crippen LogP contribution < -0.4 is 14.8 Å². The third-order valence-electron chi connectivity index (χ3n) is 4.36. The van der Waals surface area contributed by atoms with E-state index in [0.29, 0.717) is 17.2 Å². The van der Waals surface area contributed by atoms with Crippen molar-refractivity contribution in [2.75, 3.05) is 19.5 Å². The summed E-state index contributed by atoms with van der Waals surface area (Å²) < 4.78 is 16.9. The number of amides is 1. The predicted octanol–water partition coefficient (Wildman–Crippen LogP) is 4.74. The summed E-state index contributed by atoms with van der Waals surface area (Å²) in [5.41, 5.74) is 2.57. The number of hydrogen-bond donors (Lipinski definition) is 1. The van der Waals surface area contributed by atoms with Crippen molar-refractivity contribution in [1.29, 1.82) is 0 Å². The minimum Gasteiger partial charge on any atom is -0.493 e. The molecule has 1 N–H and O–H groups in total. The zero-order chi connectivity index (χ0) is 19.4. The molecule has 1 atom stereocenters. The molecule has 0 saturated heterocycles. The van der Waals surface area contributed by atoms with Gasteiger partial charge in [-0.3, -0.25) is 4.79 Å². The molecule has 1 aromatic heterocycles. The lowest BCUT2D eigenvalue weighted by atomic mass is 9.87. The van der Waals surface area contributed by atoms with Gasteiger partial charge in [0, 0.05) is 18.7 Å². The first-order chi connectivity index (χ1) is 13.0. The van der Waals surface area contributed by atoms with Crippen molar-refractivity contribution in [3.05, 3.63) is 77.2 Å². The normalized spacial score (nSPS) is 11.7. The summed E-state index contributed by atoms with van der Waals surface area (Å²) in [6.07, 6.45) is 0. The molecule has 0 spiro atoms. The zero-order valence-corrected chi connectivity index (χ0v) is 15.9. The third-order valence-corrected chi connectivity index (χ3v) is 4.36. The van der Waals surface area contributed by atoms with Crippen molar-refractivity contribution >= 4 is 11.6 Å². The van der Waals surface area contributed by atoms with Crippen molar-refractivity contribution in [1.82, 2.24) is 0 Å². The van der Waals surface area contributed by atoms with Crippen LogP contribution in [0.15, 0.2) is 59.0 Å². The number of furan rings is 1. The van der Waals surface area contributed by atoms with Gasteiger partial charge >= 0.3 is 0 Å². The molecule has 1 heterocycles. The first-order valence-electron chi connectivity index (χ1n) is 8.68. The van der Waals surface area contributed by atoms with E-state index >= 15 is 0 Å². The van der Waals surface area contributed by atoms with Crippen LogP contribution in [-0.4, -0.2) is 20.1 Å². The van der Waals surface area contributed by atoms with E-state index < -0.39 is 0 Å². The Morgan fingerprint density at radius 2 is 1.67 bits per heavy atom. The highest BCUT2D eigenvalue weighted by atomic mass is 16.5. The van der Waals surface area contributed by atoms with Gasteiger partial charge in [-0.2, -0.15) is 0 Å². The van der Waals surface area contributed by atoms with E-state index in [2.05, 4.69) is 5.32 Å². The number of nitrogens with one attached hydrogen (secondary N) is 1. The fourth-order valence-corrected chi connectivity index (χ4v) is 3.18. The molecule has 5 heteroatoms. The fraction of sp³-hybridized carbons (Fsp3) is 0.227. The van der Waals surface area contributed by atoms with Crippen LogP contribution in [0.25, 0.3) is 0 Å². The van der Waals surface area contributed by atoms with Crippen LogP contribution in [0.4, 0.5) is 5.69 Å². The molecular formula is C22H23NO4. The van der Waals surface area contributed by atoms with E-state index in [1.807, 2.05) is 55.5 Å². The van der Waals surface area contributed by atoms with Crippen LogP contribution in [0, 0.1) is 6.92 Å². The van der Waals surface area contributed by atoms with Gasteiger partial charge in [0.05, 0.1) is 20.1 Å². The molecule has 5 nitrogen and oxygen atoms in total. The van der Waals surface area contributed by atoms with E-state index in [1.165, 1.54) is 6.92 Å². The lowest BCUT2D eigenvalue weighted by molar-refractivity contribution is -0.114. The molecule has 0 saturated carbocycles. The lowest BCUT2D eigenvalue weighted by Gasteiger charge is -2.22. The second kappa shape index (κ2) is 7.99. The summed E-state index contributed by atoms with van der Waals surface area (Å²) >= 11 is 0. The predicted molar refractivity (Wildman–Crippen MR) is 105 cm³/mol. The lowest BCUT2D eigenvalue weighted by Crippen LogP contribution is -2.12. The average molecular weight is 365 g/mol. The van der Waals surface area contributed by atoms with Crippen LogP contribution >= 0.6 is 0 Å². The SMILES string of the molecule is COc1cc(NC(C)=O)c([C@@H](c2ccccc2)c2ccc(C)o2)cc1OC. The molecule has 0 fully saturated rings. The second-order valence-corrected chi connectivity index (χ2v) is 6.27. The summed E-state index contributed by atoms with van der Waals surface area (Å²) in [6.45, 7) is 3.39. The van der Waals surface area contributed by atoms with Crippen LogP contribution in [0.3, 0.4) is 0 Å². The molecule has 0 aliphatic heterocycles. The Balaban J connectivity index is 2.25. The Morgan fingerprint density at radius 1 is 1.00 bits per heavy atom. The molecule has 0 radical (unpaired) electrons. The Hall–Kier alpha value is -3.21. The summed E-state index contributed by atoms with van der Waals surface area (Å²) in [5, 5.41) is 2.91. The van der Waals surface area contributed by atoms with Crippen LogP contribution in [-0.2, 0) is 4.79 Å². The molecule has 1 amide bonds. The van der Waals surface area contributed by atoms with Gasteiger partial charge in [0.1, 0.15) is 11.5 Å². The van der Waals surface area contributed by atoms with Crippen molar-refractivity contribution in [2.45, 2.75) is 19.8 Å².